The van der Waals surface area contributed by atoms with Crippen molar-refractivity contribution < 1.29 is 4.79 Å². The molecule has 2 heterocycles. The molecule has 0 bridgehead atoms. The third kappa shape index (κ3) is 2.88. The average Bonchev–Trinajstić information content (AvgIpc) is 3.08. The van der Waals surface area contributed by atoms with Crippen LogP contribution in [-0.4, -0.2) is 21.3 Å². The van der Waals surface area contributed by atoms with Crippen LogP contribution in [0.3, 0.4) is 0 Å². The van der Waals surface area contributed by atoms with Gasteiger partial charge in [-0.3, -0.25) is 9.20 Å². The first-order valence-corrected chi connectivity index (χ1v) is 8.01. The molecule has 0 aliphatic carbocycles. The Balaban J connectivity index is 1.75. The largest absolute Gasteiger partial charge is 0.327 e. The maximum absolute atomic E-state index is 12.0. The topological polar surface area (TPSA) is 72.4 Å². The third-order valence-electron chi connectivity index (χ3n) is 3.74. The van der Waals surface area contributed by atoms with Crippen LogP contribution in [0, 0.1) is 5.92 Å². The molecule has 0 saturated heterocycles. The second-order valence-electron chi connectivity index (χ2n) is 5.43. The fourth-order valence-corrected chi connectivity index (χ4v) is 2.79. The van der Waals surface area contributed by atoms with E-state index < -0.39 is 0 Å². The summed E-state index contributed by atoms with van der Waals surface area (Å²) >= 11 is 1.60. The summed E-state index contributed by atoms with van der Waals surface area (Å²) in [7, 11) is 0. The van der Waals surface area contributed by atoms with E-state index in [-0.39, 0.29) is 17.9 Å². The SMILES string of the molecule is CC(N)C(C)C(=O)Nc1ccc(-c2cn3ccsc3n2)cc1. The van der Waals surface area contributed by atoms with E-state index >= 15 is 0 Å². The molecule has 3 N–H and O–H groups in total. The highest BCUT2D eigenvalue weighted by Gasteiger charge is 2.17. The zero-order valence-electron chi connectivity index (χ0n) is 12.5. The number of nitrogens with zero attached hydrogens (tertiary/aromatic N) is 2. The van der Waals surface area contributed by atoms with Crippen molar-refractivity contribution in [3.8, 4) is 11.3 Å². The Morgan fingerprint density at radius 3 is 2.68 bits per heavy atom. The zero-order valence-corrected chi connectivity index (χ0v) is 13.3. The fourth-order valence-electron chi connectivity index (χ4n) is 2.09. The highest BCUT2D eigenvalue weighted by molar-refractivity contribution is 7.15. The van der Waals surface area contributed by atoms with E-state index in [1.54, 1.807) is 11.3 Å². The molecule has 3 aromatic rings. The van der Waals surface area contributed by atoms with E-state index in [0.29, 0.717) is 0 Å². The number of amides is 1. The molecule has 2 atom stereocenters. The molecule has 2 unspecified atom stereocenters. The Kier molecular flexibility index (Phi) is 3.96. The van der Waals surface area contributed by atoms with Gasteiger partial charge >= 0.3 is 0 Å². The lowest BCUT2D eigenvalue weighted by Gasteiger charge is -2.15. The van der Waals surface area contributed by atoms with Crippen molar-refractivity contribution in [2.24, 2.45) is 11.7 Å². The van der Waals surface area contributed by atoms with Crippen molar-refractivity contribution >= 4 is 27.9 Å². The lowest BCUT2D eigenvalue weighted by Crippen LogP contribution is -2.34. The number of nitrogens with two attached hydrogens (primary N) is 1. The van der Waals surface area contributed by atoms with Crippen LogP contribution in [0.5, 0.6) is 0 Å². The summed E-state index contributed by atoms with van der Waals surface area (Å²) in [6, 6.07) is 7.51. The minimum Gasteiger partial charge on any atom is -0.327 e. The van der Waals surface area contributed by atoms with Crippen LogP contribution in [0.4, 0.5) is 5.69 Å². The van der Waals surface area contributed by atoms with E-state index in [9.17, 15) is 4.79 Å². The van der Waals surface area contributed by atoms with Gasteiger partial charge in [-0.1, -0.05) is 19.1 Å². The van der Waals surface area contributed by atoms with E-state index in [0.717, 1.165) is 21.9 Å². The van der Waals surface area contributed by atoms with E-state index in [1.807, 2.05) is 60.3 Å². The molecule has 3 rings (SSSR count). The van der Waals surface area contributed by atoms with Gasteiger partial charge in [0.2, 0.25) is 5.91 Å². The third-order valence-corrected chi connectivity index (χ3v) is 4.51. The van der Waals surface area contributed by atoms with Crippen molar-refractivity contribution in [2.45, 2.75) is 19.9 Å². The van der Waals surface area contributed by atoms with Gasteiger partial charge in [0, 0.05) is 35.1 Å². The van der Waals surface area contributed by atoms with Gasteiger partial charge in [-0.25, -0.2) is 4.98 Å². The number of anilines is 1. The number of rotatable bonds is 4. The number of hydrogen-bond donors (Lipinski definition) is 2. The molecule has 2 aromatic heterocycles. The maximum atomic E-state index is 12.0. The lowest BCUT2D eigenvalue weighted by molar-refractivity contribution is -0.119. The minimum absolute atomic E-state index is 0.0646. The van der Waals surface area contributed by atoms with Crippen LogP contribution in [0.1, 0.15) is 13.8 Å². The van der Waals surface area contributed by atoms with Gasteiger partial charge in [-0.05, 0) is 19.1 Å². The number of fused-ring (bicyclic) bond motifs is 1. The predicted octanol–water partition coefficient (Wildman–Crippen LogP) is 2.98. The van der Waals surface area contributed by atoms with Gasteiger partial charge in [0.15, 0.2) is 4.96 Å². The fraction of sp³-hybridized carbons (Fsp3) is 0.250. The van der Waals surface area contributed by atoms with Crippen molar-refractivity contribution in [3.63, 3.8) is 0 Å². The van der Waals surface area contributed by atoms with Crippen LogP contribution < -0.4 is 11.1 Å². The second-order valence-corrected chi connectivity index (χ2v) is 6.31. The van der Waals surface area contributed by atoms with E-state index in [1.165, 1.54) is 0 Å². The molecule has 0 spiro atoms. The number of hydrogen-bond acceptors (Lipinski definition) is 4. The molecule has 0 fully saturated rings. The van der Waals surface area contributed by atoms with Crippen molar-refractivity contribution in [1.29, 1.82) is 0 Å². The Bertz CT molecular complexity index is 759. The van der Waals surface area contributed by atoms with Gasteiger partial charge in [0.25, 0.3) is 0 Å². The first-order chi connectivity index (χ1) is 10.5. The summed E-state index contributed by atoms with van der Waals surface area (Å²) < 4.78 is 2.00. The molecule has 1 aromatic carbocycles. The number of aromatic nitrogens is 2. The highest BCUT2D eigenvalue weighted by Crippen LogP contribution is 2.23. The molecule has 0 radical (unpaired) electrons. The molecular formula is C16H18N4OS. The number of imidazole rings is 1. The molecule has 0 saturated carbocycles. The first-order valence-electron chi connectivity index (χ1n) is 7.13. The second kappa shape index (κ2) is 5.90. The number of thiazole rings is 1. The normalized spacial score (nSPS) is 14.0. The molecule has 5 nitrogen and oxygen atoms in total. The van der Waals surface area contributed by atoms with Crippen LogP contribution in [-0.2, 0) is 4.79 Å². The molecule has 22 heavy (non-hydrogen) atoms. The Morgan fingerprint density at radius 1 is 1.32 bits per heavy atom. The van der Waals surface area contributed by atoms with Gasteiger partial charge < -0.3 is 11.1 Å². The van der Waals surface area contributed by atoms with Crippen LogP contribution in [0.25, 0.3) is 16.2 Å². The maximum Gasteiger partial charge on any atom is 0.228 e. The van der Waals surface area contributed by atoms with Gasteiger partial charge in [-0.2, -0.15) is 0 Å². The quantitative estimate of drug-likeness (QED) is 0.777. The van der Waals surface area contributed by atoms with Crippen molar-refractivity contribution in [1.82, 2.24) is 9.38 Å². The summed E-state index contributed by atoms with van der Waals surface area (Å²) in [6.07, 6.45) is 3.98. The summed E-state index contributed by atoms with van der Waals surface area (Å²) in [5, 5.41) is 4.89. The monoisotopic (exact) mass is 314 g/mol. The molecule has 1 amide bonds. The molecule has 114 valence electrons. The number of carbonyl (C=O) groups excluding carboxylic acids is 1. The number of benzene rings is 1. The number of nitrogens with one attached hydrogen (secondary N) is 1. The predicted molar refractivity (Wildman–Crippen MR) is 89.9 cm³/mol. The standard InChI is InChI=1S/C16H18N4OS/c1-10(11(2)17)15(21)18-13-5-3-12(4-6-13)14-9-20-7-8-22-16(20)19-14/h3-11H,17H2,1-2H3,(H,18,21). The molecule has 6 heteroatoms. The van der Waals surface area contributed by atoms with E-state index in [2.05, 4.69) is 10.3 Å². The van der Waals surface area contributed by atoms with Crippen molar-refractivity contribution in [3.05, 3.63) is 42.0 Å². The van der Waals surface area contributed by atoms with Crippen LogP contribution in [0.2, 0.25) is 0 Å². The van der Waals surface area contributed by atoms with Crippen molar-refractivity contribution in [2.75, 3.05) is 5.32 Å². The minimum atomic E-state index is -0.223. The molecule has 0 aliphatic rings. The van der Waals surface area contributed by atoms with Crippen LogP contribution >= 0.6 is 11.3 Å². The Hall–Kier alpha value is -2.18. The van der Waals surface area contributed by atoms with E-state index in [4.69, 9.17) is 5.73 Å². The summed E-state index contributed by atoms with van der Waals surface area (Å²) in [5.74, 6) is -0.287. The number of carbonyl (C=O) groups is 1. The van der Waals surface area contributed by atoms with Gasteiger partial charge in [-0.15, -0.1) is 11.3 Å². The van der Waals surface area contributed by atoms with Gasteiger partial charge in [0.05, 0.1) is 11.6 Å². The van der Waals surface area contributed by atoms with Crippen LogP contribution in [0.15, 0.2) is 42.0 Å². The lowest BCUT2D eigenvalue weighted by atomic mass is 10.0. The Morgan fingerprint density at radius 2 is 2.05 bits per heavy atom. The molecular weight excluding hydrogens is 296 g/mol. The average molecular weight is 314 g/mol. The summed E-state index contributed by atoms with van der Waals surface area (Å²) in [6.45, 7) is 3.66. The Labute approximate surface area is 132 Å². The van der Waals surface area contributed by atoms with Gasteiger partial charge in [0.1, 0.15) is 0 Å². The zero-order chi connectivity index (χ0) is 15.7. The smallest absolute Gasteiger partial charge is 0.228 e. The molecule has 0 aliphatic heterocycles. The summed E-state index contributed by atoms with van der Waals surface area (Å²) in [4.78, 5) is 17.5. The summed E-state index contributed by atoms with van der Waals surface area (Å²) in [5.41, 5.74) is 8.46. The highest BCUT2D eigenvalue weighted by atomic mass is 32.1. The first kappa shape index (κ1) is 14.7.